The standard InChI is InChI=1S/C9H14N.C5H5.ClH.Fe/c1-8(10(2)3)9-6-4-5-7-9;1-2-4-5-3-1;;/h4-8H,1-3H3;1-5H;1H;/q;;;+2. The third kappa shape index (κ3) is 8.48. The van der Waals surface area contributed by atoms with Gasteiger partial charge in [-0.05, 0) is 78.8 Å². The first-order valence-corrected chi connectivity index (χ1v) is 5.26. The van der Waals surface area contributed by atoms with Gasteiger partial charge >= 0.3 is 17.1 Å². The van der Waals surface area contributed by atoms with Crippen molar-refractivity contribution < 1.29 is 17.1 Å². The van der Waals surface area contributed by atoms with Gasteiger partial charge in [0, 0.05) is 12.0 Å². The Labute approximate surface area is 125 Å². The predicted molar refractivity (Wildman–Crippen MR) is 72.3 cm³/mol. The number of hydrogen-bond donors (Lipinski definition) is 0. The van der Waals surface area contributed by atoms with Crippen LogP contribution in [0.4, 0.5) is 0 Å². The first kappa shape index (κ1) is 20.1. The quantitative estimate of drug-likeness (QED) is 0.708. The van der Waals surface area contributed by atoms with Crippen LogP contribution in [0.15, 0.2) is 0 Å². The molecule has 1 nitrogen and oxygen atoms in total. The maximum Gasteiger partial charge on any atom is 2.00 e. The molecule has 1 atom stereocenters. The Morgan fingerprint density at radius 1 is 0.824 bits per heavy atom. The smallest absolute Gasteiger partial charge is 0.306 e. The van der Waals surface area contributed by atoms with Crippen LogP contribution in [0, 0.1) is 63.7 Å². The second-order valence-corrected chi connectivity index (χ2v) is 3.82. The van der Waals surface area contributed by atoms with Gasteiger partial charge < -0.3 is 4.90 Å². The topological polar surface area (TPSA) is 3.24 Å². The van der Waals surface area contributed by atoms with Gasteiger partial charge in [-0.1, -0.05) is 0 Å². The third-order valence-corrected chi connectivity index (χ3v) is 2.50. The molecule has 0 heterocycles. The minimum Gasteiger partial charge on any atom is -0.306 e. The molecule has 0 aromatic heterocycles. The van der Waals surface area contributed by atoms with E-state index in [-0.39, 0.29) is 29.5 Å². The van der Waals surface area contributed by atoms with Gasteiger partial charge in [0.1, 0.15) is 0 Å². The molecule has 2 fully saturated rings. The normalized spacial score (nSPS) is 21.2. The Morgan fingerprint density at radius 2 is 1.18 bits per heavy atom. The minimum atomic E-state index is 0. The zero-order valence-corrected chi connectivity index (χ0v) is 12.4. The first-order chi connectivity index (χ1) is 7.22. The maximum absolute atomic E-state index is 2.20. The van der Waals surface area contributed by atoms with Crippen LogP contribution in [0.25, 0.3) is 0 Å². The SMILES string of the molecule is CC([C]1[CH][CH][CH][CH]1)N(C)C.Cl.[CH]1[CH][CH][CH][CH]1.[Fe+2]. The predicted octanol–water partition coefficient (Wildman–Crippen LogP) is 2.78. The van der Waals surface area contributed by atoms with E-state index in [1.54, 1.807) is 0 Å². The van der Waals surface area contributed by atoms with Crippen molar-refractivity contribution in [1.29, 1.82) is 0 Å². The zero-order chi connectivity index (χ0) is 11.1. The molecule has 0 aliphatic heterocycles. The Hall–Kier alpha value is 0.769. The summed E-state index contributed by atoms with van der Waals surface area (Å²) in [5, 5.41) is 0. The van der Waals surface area contributed by atoms with Crippen molar-refractivity contribution >= 4 is 12.4 Å². The van der Waals surface area contributed by atoms with Crippen LogP contribution < -0.4 is 0 Å². The van der Waals surface area contributed by atoms with Gasteiger partial charge in [-0.25, -0.2) is 0 Å². The van der Waals surface area contributed by atoms with Crippen molar-refractivity contribution in [2.75, 3.05) is 14.1 Å². The Morgan fingerprint density at radius 3 is 1.47 bits per heavy atom. The van der Waals surface area contributed by atoms with E-state index >= 15 is 0 Å². The second-order valence-electron chi connectivity index (χ2n) is 3.82. The molecule has 2 saturated carbocycles. The molecule has 2 aliphatic carbocycles. The molecule has 2 rings (SSSR count). The van der Waals surface area contributed by atoms with E-state index in [1.807, 2.05) is 32.1 Å². The average molecular weight is 294 g/mol. The largest absolute Gasteiger partial charge is 2.00 e. The van der Waals surface area contributed by atoms with Crippen LogP contribution in [0.2, 0.25) is 0 Å². The summed E-state index contributed by atoms with van der Waals surface area (Å²) in [4.78, 5) is 2.20. The summed E-state index contributed by atoms with van der Waals surface area (Å²) in [5.74, 6) is 1.39. The molecule has 0 amide bonds. The summed E-state index contributed by atoms with van der Waals surface area (Å²) < 4.78 is 0. The molecule has 2 aliphatic rings. The summed E-state index contributed by atoms with van der Waals surface area (Å²) in [6, 6.07) is 0.537. The van der Waals surface area contributed by atoms with Crippen molar-refractivity contribution in [3.05, 3.63) is 63.7 Å². The molecule has 3 heteroatoms. The van der Waals surface area contributed by atoms with E-state index in [1.165, 1.54) is 5.92 Å². The van der Waals surface area contributed by atoms with Crippen molar-refractivity contribution in [3.8, 4) is 0 Å². The fraction of sp³-hybridized carbons (Fsp3) is 0.286. The van der Waals surface area contributed by atoms with Crippen LogP contribution in [0.3, 0.4) is 0 Å². The van der Waals surface area contributed by atoms with E-state index in [2.05, 4.69) is 51.6 Å². The first-order valence-electron chi connectivity index (χ1n) is 5.26. The number of hydrogen-bond acceptors (Lipinski definition) is 1. The maximum atomic E-state index is 2.20. The molecule has 1 unspecified atom stereocenters. The summed E-state index contributed by atoms with van der Waals surface area (Å²) >= 11 is 0. The fourth-order valence-corrected chi connectivity index (χ4v) is 1.29. The fourth-order valence-electron chi connectivity index (χ4n) is 1.29. The molecule has 17 heavy (non-hydrogen) atoms. The molecule has 0 spiro atoms. The van der Waals surface area contributed by atoms with Crippen molar-refractivity contribution in [2.45, 2.75) is 13.0 Å². The van der Waals surface area contributed by atoms with Gasteiger partial charge in [0.2, 0.25) is 0 Å². The monoisotopic (exact) mass is 293 g/mol. The van der Waals surface area contributed by atoms with Crippen LogP contribution in [-0.2, 0) is 17.1 Å². The van der Waals surface area contributed by atoms with Crippen LogP contribution in [-0.4, -0.2) is 25.0 Å². The number of halogens is 1. The molecular weight excluding hydrogens is 273 g/mol. The Balaban J connectivity index is 0. The van der Waals surface area contributed by atoms with Crippen LogP contribution in [0.5, 0.6) is 0 Å². The second kappa shape index (κ2) is 11.8. The molecule has 0 aromatic rings. The van der Waals surface area contributed by atoms with E-state index in [0.717, 1.165) is 0 Å². The molecule has 0 N–H and O–H groups in total. The minimum absolute atomic E-state index is 0. The Bertz CT molecular complexity index is 147. The molecule has 0 bridgehead atoms. The number of nitrogens with zero attached hydrogens (tertiary/aromatic N) is 1. The number of rotatable bonds is 2. The van der Waals surface area contributed by atoms with Crippen LogP contribution >= 0.6 is 12.4 Å². The average Bonchev–Trinajstić information content (AvgIpc) is 2.92. The molecule has 10 radical (unpaired) electrons. The van der Waals surface area contributed by atoms with E-state index in [0.29, 0.717) is 6.04 Å². The zero-order valence-electron chi connectivity index (χ0n) is 10.5. The summed E-state index contributed by atoms with van der Waals surface area (Å²) in [6.07, 6.45) is 18.5. The van der Waals surface area contributed by atoms with Gasteiger partial charge in [-0.3, -0.25) is 0 Å². The Kier molecular flexibility index (Phi) is 14.0. The summed E-state index contributed by atoms with van der Waals surface area (Å²) in [6.45, 7) is 2.20. The third-order valence-electron chi connectivity index (χ3n) is 2.50. The van der Waals surface area contributed by atoms with Gasteiger partial charge in [-0.2, -0.15) is 0 Å². The van der Waals surface area contributed by atoms with E-state index in [9.17, 15) is 0 Å². The van der Waals surface area contributed by atoms with Gasteiger partial charge in [-0.15, -0.1) is 12.4 Å². The molecule has 0 saturated heterocycles. The summed E-state index contributed by atoms with van der Waals surface area (Å²) in [5.41, 5.74) is 0. The van der Waals surface area contributed by atoms with Gasteiger partial charge in [0.15, 0.2) is 0 Å². The van der Waals surface area contributed by atoms with Crippen LogP contribution in [0.1, 0.15) is 6.92 Å². The van der Waals surface area contributed by atoms with Crippen molar-refractivity contribution in [2.24, 2.45) is 0 Å². The van der Waals surface area contributed by atoms with Crippen molar-refractivity contribution in [1.82, 2.24) is 4.90 Å². The molecule has 94 valence electrons. The summed E-state index contributed by atoms with van der Waals surface area (Å²) in [7, 11) is 4.19. The van der Waals surface area contributed by atoms with E-state index in [4.69, 9.17) is 0 Å². The van der Waals surface area contributed by atoms with Crippen molar-refractivity contribution in [3.63, 3.8) is 0 Å². The van der Waals surface area contributed by atoms with Gasteiger partial charge in [0.05, 0.1) is 0 Å². The molecular formula is C14H20ClFeN+2. The van der Waals surface area contributed by atoms with E-state index < -0.39 is 0 Å². The molecule has 0 aromatic carbocycles. The van der Waals surface area contributed by atoms with Gasteiger partial charge in [0.25, 0.3) is 0 Å².